The van der Waals surface area contributed by atoms with Crippen molar-refractivity contribution in [2.75, 3.05) is 53.3 Å². The van der Waals surface area contributed by atoms with Crippen LogP contribution in [0.3, 0.4) is 0 Å². The van der Waals surface area contributed by atoms with Crippen molar-refractivity contribution in [2.24, 2.45) is 0 Å². The molecule has 1 unspecified atom stereocenters. The molecule has 0 aromatic heterocycles. The van der Waals surface area contributed by atoms with Crippen LogP contribution in [0.2, 0.25) is 0 Å². The molecule has 2 fully saturated rings. The van der Waals surface area contributed by atoms with Gasteiger partial charge in [0.15, 0.2) is 11.5 Å². The summed E-state index contributed by atoms with van der Waals surface area (Å²) in [5.41, 5.74) is 1.01. The van der Waals surface area contributed by atoms with E-state index < -0.39 is 0 Å². The number of thioether (sulfide) groups is 1. The normalized spacial score (nSPS) is 21.1. The van der Waals surface area contributed by atoms with Crippen molar-refractivity contribution in [2.45, 2.75) is 24.6 Å². The quantitative estimate of drug-likeness (QED) is 0.725. The van der Waals surface area contributed by atoms with Gasteiger partial charge in [0.05, 0.1) is 27.1 Å². The summed E-state index contributed by atoms with van der Waals surface area (Å²) in [6.45, 7) is 3.98. The molecule has 7 heteroatoms. The molecular formula is C19H28N2O4S. The second-order valence-electron chi connectivity index (χ2n) is 6.61. The van der Waals surface area contributed by atoms with E-state index in [1.807, 2.05) is 17.0 Å². The third-order valence-corrected chi connectivity index (χ3v) is 6.30. The van der Waals surface area contributed by atoms with Crippen LogP contribution in [0.1, 0.15) is 30.2 Å². The Morgan fingerprint density at radius 2 is 1.65 bits per heavy atom. The van der Waals surface area contributed by atoms with E-state index in [9.17, 15) is 4.79 Å². The number of hydrogen-bond acceptors (Lipinski definition) is 6. The molecule has 1 aromatic carbocycles. The van der Waals surface area contributed by atoms with E-state index in [0.717, 1.165) is 31.7 Å². The fourth-order valence-electron chi connectivity index (χ4n) is 3.65. The monoisotopic (exact) mass is 380 g/mol. The Labute approximate surface area is 159 Å². The number of carbonyl (C=O) groups excluding carboxylic acids is 1. The van der Waals surface area contributed by atoms with Gasteiger partial charge in [-0.25, -0.2) is 0 Å². The van der Waals surface area contributed by atoms with Crippen molar-refractivity contribution in [1.82, 2.24) is 9.80 Å². The Morgan fingerprint density at radius 1 is 1.00 bits per heavy atom. The average Bonchev–Trinajstić information content (AvgIpc) is 3.06. The van der Waals surface area contributed by atoms with Crippen molar-refractivity contribution >= 4 is 17.7 Å². The first kappa shape index (κ1) is 19.2. The maximum Gasteiger partial charge on any atom is 0.233 e. The number of amides is 1. The van der Waals surface area contributed by atoms with E-state index >= 15 is 0 Å². The van der Waals surface area contributed by atoms with Crippen molar-refractivity contribution in [1.29, 1.82) is 0 Å². The van der Waals surface area contributed by atoms with Gasteiger partial charge in [-0.05, 0) is 43.6 Å². The molecule has 26 heavy (non-hydrogen) atoms. The summed E-state index contributed by atoms with van der Waals surface area (Å²) >= 11 is 1.66. The number of carbonyl (C=O) groups is 1. The SMILES string of the molecule is COc1cc(C2SCC(=O)N2CCN2CCCCC2)cc(OC)c1OC. The lowest BCUT2D eigenvalue weighted by atomic mass is 10.1. The van der Waals surface area contributed by atoms with Crippen LogP contribution in [0, 0.1) is 0 Å². The molecule has 1 aromatic rings. The van der Waals surface area contributed by atoms with Crippen molar-refractivity contribution in [3.05, 3.63) is 17.7 Å². The minimum Gasteiger partial charge on any atom is -0.493 e. The summed E-state index contributed by atoms with van der Waals surface area (Å²) in [4.78, 5) is 16.9. The molecule has 0 spiro atoms. The van der Waals surface area contributed by atoms with E-state index in [1.165, 1.54) is 19.3 Å². The number of methoxy groups -OCH3 is 3. The number of benzene rings is 1. The largest absolute Gasteiger partial charge is 0.493 e. The standard InChI is InChI=1S/C19H28N2O4S/c1-23-15-11-14(12-16(24-2)18(15)25-3)19-21(17(22)13-26-19)10-9-20-7-5-4-6-8-20/h11-12,19H,4-10,13H2,1-3H3. The van der Waals surface area contributed by atoms with Gasteiger partial charge in [0.25, 0.3) is 0 Å². The number of rotatable bonds is 7. The van der Waals surface area contributed by atoms with Crippen LogP contribution in [-0.4, -0.2) is 69.0 Å². The lowest BCUT2D eigenvalue weighted by molar-refractivity contribution is -0.128. The first-order valence-corrected chi connectivity index (χ1v) is 10.2. The van der Waals surface area contributed by atoms with Crippen LogP contribution in [0.15, 0.2) is 12.1 Å². The van der Waals surface area contributed by atoms with Crippen LogP contribution >= 0.6 is 11.8 Å². The summed E-state index contributed by atoms with van der Waals surface area (Å²) < 4.78 is 16.3. The molecule has 3 rings (SSSR count). The number of ether oxygens (including phenoxy) is 3. The van der Waals surface area contributed by atoms with Gasteiger partial charge in [0.1, 0.15) is 5.37 Å². The third-order valence-electron chi connectivity index (χ3n) is 5.05. The molecule has 144 valence electrons. The van der Waals surface area contributed by atoms with Crippen LogP contribution < -0.4 is 14.2 Å². The van der Waals surface area contributed by atoms with Crippen LogP contribution in [0.25, 0.3) is 0 Å². The first-order chi connectivity index (χ1) is 12.7. The van der Waals surface area contributed by atoms with Gasteiger partial charge in [-0.1, -0.05) is 6.42 Å². The lowest BCUT2D eigenvalue weighted by Crippen LogP contribution is -2.39. The highest BCUT2D eigenvalue weighted by atomic mass is 32.2. The van der Waals surface area contributed by atoms with Crippen LogP contribution in [-0.2, 0) is 4.79 Å². The minimum absolute atomic E-state index is 0.0130. The summed E-state index contributed by atoms with van der Waals surface area (Å²) in [6.07, 6.45) is 3.85. The number of likely N-dealkylation sites (tertiary alicyclic amines) is 1. The highest BCUT2D eigenvalue weighted by Gasteiger charge is 2.34. The van der Waals surface area contributed by atoms with Gasteiger partial charge >= 0.3 is 0 Å². The van der Waals surface area contributed by atoms with E-state index in [0.29, 0.717) is 23.0 Å². The fraction of sp³-hybridized carbons (Fsp3) is 0.632. The Hall–Kier alpha value is -1.60. The Kier molecular flexibility index (Phi) is 6.53. The first-order valence-electron chi connectivity index (χ1n) is 9.11. The summed E-state index contributed by atoms with van der Waals surface area (Å²) in [6, 6.07) is 3.90. The van der Waals surface area contributed by atoms with E-state index in [-0.39, 0.29) is 11.3 Å². The predicted octanol–water partition coefficient (Wildman–Crippen LogP) is 2.77. The van der Waals surface area contributed by atoms with E-state index in [2.05, 4.69) is 4.90 Å². The molecule has 6 nitrogen and oxygen atoms in total. The zero-order chi connectivity index (χ0) is 18.5. The Bertz CT molecular complexity index is 609. The average molecular weight is 381 g/mol. The van der Waals surface area contributed by atoms with Crippen molar-refractivity contribution < 1.29 is 19.0 Å². The summed E-state index contributed by atoms with van der Waals surface area (Å²) in [5, 5.41) is -0.0130. The van der Waals surface area contributed by atoms with Crippen LogP contribution in [0.4, 0.5) is 0 Å². The number of hydrogen-bond donors (Lipinski definition) is 0. The van der Waals surface area contributed by atoms with E-state index in [1.54, 1.807) is 33.1 Å². The zero-order valence-electron chi connectivity index (χ0n) is 15.8. The Morgan fingerprint density at radius 3 is 2.23 bits per heavy atom. The molecular weight excluding hydrogens is 352 g/mol. The minimum atomic E-state index is -0.0130. The lowest BCUT2D eigenvalue weighted by Gasteiger charge is -2.31. The van der Waals surface area contributed by atoms with Gasteiger partial charge in [-0.2, -0.15) is 0 Å². The third kappa shape index (κ3) is 4.04. The molecule has 0 saturated carbocycles. The molecule has 2 heterocycles. The highest BCUT2D eigenvalue weighted by molar-refractivity contribution is 8.00. The van der Waals surface area contributed by atoms with Gasteiger partial charge in [-0.15, -0.1) is 11.8 Å². The topological polar surface area (TPSA) is 51.2 Å². The molecule has 2 aliphatic rings. The number of piperidine rings is 1. The van der Waals surface area contributed by atoms with Gasteiger partial charge in [0, 0.05) is 13.1 Å². The molecule has 0 aliphatic carbocycles. The summed E-state index contributed by atoms with van der Waals surface area (Å²) in [5.74, 6) is 2.54. The van der Waals surface area contributed by atoms with Gasteiger partial charge in [0.2, 0.25) is 11.7 Å². The predicted molar refractivity (Wildman–Crippen MR) is 103 cm³/mol. The van der Waals surface area contributed by atoms with Gasteiger partial charge in [-0.3, -0.25) is 4.79 Å². The second-order valence-corrected chi connectivity index (χ2v) is 7.68. The molecule has 2 saturated heterocycles. The molecule has 1 atom stereocenters. The van der Waals surface area contributed by atoms with E-state index in [4.69, 9.17) is 14.2 Å². The molecule has 0 bridgehead atoms. The number of nitrogens with zero attached hydrogens (tertiary/aromatic N) is 2. The fourth-order valence-corrected chi connectivity index (χ4v) is 4.85. The second kappa shape index (κ2) is 8.86. The molecule has 0 N–H and O–H groups in total. The maximum absolute atomic E-state index is 12.5. The molecule has 2 aliphatic heterocycles. The zero-order valence-corrected chi connectivity index (χ0v) is 16.6. The Balaban J connectivity index is 1.78. The molecule has 1 amide bonds. The molecule has 0 radical (unpaired) electrons. The summed E-state index contributed by atoms with van der Waals surface area (Å²) in [7, 11) is 4.82. The smallest absolute Gasteiger partial charge is 0.233 e. The maximum atomic E-state index is 12.5. The van der Waals surface area contributed by atoms with Gasteiger partial charge < -0.3 is 24.0 Å². The van der Waals surface area contributed by atoms with Crippen molar-refractivity contribution in [3.63, 3.8) is 0 Å². The van der Waals surface area contributed by atoms with Crippen LogP contribution in [0.5, 0.6) is 17.2 Å². The highest BCUT2D eigenvalue weighted by Crippen LogP contribution is 2.45. The van der Waals surface area contributed by atoms with Crippen molar-refractivity contribution in [3.8, 4) is 17.2 Å².